The van der Waals surface area contributed by atoms with Gasteiger partial charge in [0, 0.05) is 37.1 Å². The van der Waals surface area contributed by atoms with Crippen LogP contribution in [-0.2, 0) is 5.41 Å². The number of rotatable bonds is 6. The fraction of sp³-hybridized carbons (Fsp3) is 0.0164. The smallest absolute Gasteiger partial charge is 0.0726 e. The lowest BCUT2D eigenvalue weighted by Gasteiger charge is -2.33. The second-order valence-electron chi connectivity index (χ2n) is 16.8. The Morgan fingerprint density at radius 2 is 0.778 bits per heavy atom. The van der Waals surface area contributed by atoms with Gasteiger partial charge in [-0.25, -0.2) is 0 Å². The lowest BCUT2D eigenvalue weighted by atomic mass is 9.70. The third kappa shape index (κ3) is 5.42. The maximum Gasteiger partial charge on any atom is 0.0726 e. The summed E-state index contributed by atoms with van der Waals surface area (Å²) in [6.45, 7) is 0. The fourth-order valence-electron chi connectivity index (χ4n) is 10.7. The second-order valence-corrected chi connectivity index (χ2v) is 17.9. The van der Waals surface area contributed by atoms with Crippen molar-refractivity contribution >= 4 is 48.6 Å². The molecule has 11 aromatic rings. The van der Waals surface area contributed by atoms with Crippen LogP contribution in [0, 0.1) is 0 Å². The molecule has 13 rings (SSSR count). The highest BCUT2D eigenvalue weighted by Gasteiger charge is 2.51. The van der Waals surface area contributed by atoms with E-state index in [-0.39, 0.29) is 0 Å². The fourth-order valence-corrected chi connectivity index (χ4v) is 11.8. The van der Waals surface area contributed by atoms with Crippen molar-refractivity contribution in [3.8, 4) is 55.6 Å². The molecule has 63 heavy (non-hydrogen) atoms. The van der Waals surface area contributed by atoms with E-state index in [1.54, 1.807) is 0 Å². The van der Waals surface area contributed by atoms with E-state index >= 15 is 0 Å². The summed E-state index contributed by atoms with van der Waals surface area (Å²) < 4.78 is 2.64. The van der Waals surface area contributed by atoms with Crippen molar-refractivity contribution in [3.05, 3.63) is 259 Å². The van der Waals surface area contributed by atoms with E-state index in [4.69, 9.17) is 0 Å². The summed E-state index contributed by atoms with van der Waals surface area (Å²) in [6, 6.07) is 87.9. The predicted molar refractivity (Wildman–Crippen MR) is 267 cm³/mol. The van der Waals surface area contributed by atoms with Crippen molar-refractivity contribution in [2.45, 2.75) is 5.41 Å². The summed E-state index contributed by atoms with van der Waals surface area (Å²) in [5, 5.41) is 2.63. The zero-order valence-corrected chi connectivity index (χ0v) is 35.2. The van der Waals surface area contributed by atoms with Crippen molar-refractivity contribution in [2.75, 3.05) is 4.90 Å². The molecule has 2 aliphatic carbocycles. The first-order valence-electron chi connectivity index (χ1n) is 21.7. The average molecular weight is 818 g/mol. The van der Waals surface area contributed by atoms with Crippen LogP contribution in [0.25, 0.3) is 75.8 Å². The molecule has 294 valence electrons. The summed E-state index contributed by atoms with van der Waals surface area (Å²) >= 11 is 1.86. The molecule has 2 heteroatoms. The molecule has 0 amide bonds. The van der Waals surface area contributed by atoms with Gasteiger partial charge in [-0.3, -0.25) is 0 Å². The maximum atomic E-state index is 2.50. The number of anilines is 3. The number of benzene rings is 10. The summed E-state index contributed by atoms with van der Waals surface area (Å²) in [5.74, 6) is 0. The SMILES string of the molecule is c1ccc(-c2ccc(N(c3ccc(-c4ccc5sc6ccccc6c5c4)cc3)c3ccc4c(c3)C3(c5ccccc5-c5ccccc53)c3ccccc3-4)c(-c3ccccc3)c2)cc1. The van der Waals surface area contributed by atoms with Crippen LogP contribution >= 0.6 is 11.3 Å². The molecule has 0 saturated heterocycles. The van der Waals surface area contributed by atoms with Gasteiger partial charge in [0.15, 0.2) is 0 Å². The number of thiophene rings is 1. The van der Waals surface area contributed by atoms with E-state index in [1.807, 2.05) is 11.3 Å². The molecular formula is C61H39NS. The highest BCUT2D eigenvalue weighted by Crippen LogP contribution is 2.63. The molecule has 0 bridgehead atoms. The summed E-state index contributed by atoms with van der Waals surface area (Å²) in [5.41, 5.74) is 20.6. The zero-order chi connectivity index (χ0) is 41.5. The lowest BCUT2D eigenvalue weighted by molar-refractivity contribution is 0.793. The van der Waals surface area contributed by atoms with Gasteiger partial charge in [0.25, 0.3) is 0 Å². The Kier molecular flexibility index (Phi) is 8.06. The van der Waals surface area contributed by atoms with Crippen molar-refractivity contribution in [1.29, 1.82) is 0 Å². The molecule has 0 atom stereocenters. The molecular weight excluding hydrogens is 779 g/mol. The zero-order valence-electron chi connectivity index (χ0n) is 34.4. The highest BCUT2D eigenvalue weighted by molar-refractivity contribution is 7.25. The van der Waals surface area contributed by atoms with Gasteiger partial charge < -0.3 is 4.90 Å². The van der Waals surface area contributed by atoms with Gasteiger partial charge in [0.2, 0.25) is 0 Å². The quantitative estimate of drug-likeness (QED) is 0.162. The Labute approximate surface area is 371 Å². The summed E-state index contributed by atoms with van der Waals surface area (Å²) in [4.78, 5) is 2.49. The first kappa shape index (κ1) is 35.9. The molecule has 10 aromatic carbocycles. The topological polar surface area (TPSA) is 3.24 Å². The van der Waals surface area contributed by atoms with Crippen LogP contribution in [0.15, 0.2) is 237 Å². The van der Waals surface area contributed by atoms with Crippen LogP contribution in [0.1, 0.15) is 22.3 Å². The van der Waals surface area contributed by atoms with Gasteiger partial charge in [-0.2, -0.15) is 0 Å². The molecule has 1 aromatic heterocycles. The summed E-state index contributed by atoms with van der Waals surface area (Å²) in [6.07, 6.45) is 0. The minimum absolute atomic E-state index is 0.450. The van der Waals surface area contributed by atoms with Crippen LogP contribution in [0.3, 0.4) is 0 Å². The monoisotopic (exact) mass is 817 g/mol. The lowest BCUT2D eigenvalue weighted by Crippen LogP contribution is -2.26. The van der Waals surface area contributed by atoms with Crippen molar-refractivity contribution < 1.29 is 0 Å². The van der Waals surface area contributed by atoms with E-state index < -0.39 is 5.41 Å². The van der Waals surface area contributed by atoms with Gasteiger partial charge >= 0.3 is 0 Å². The molecule has 0 aliphatic heterocycles. The maximum absolute atomic E-state index is 2.50. The van der Waals surface area contributed by atoms with Crippen molar-refractivity contribution in [3.63, 3.8) is 0 Å². The highest BCUT2D eigenvalue weighted by atomic mass is 32.1. The Balaban J connectivity index is 1.04. The molecule has 0 fully saturated rings. The van der Waals surface area contributed by atoms with Crippen LogP contribution in [0.2, 0.25) is 0 Å². The average Bonchev–Trinajstić information content (AvgIpc) is 3.99. The van der Waals surface area contributed by atoms with E-state index in [9.17, 15) is 0 Å². The molecule has 1 spiro atoms. The van der Waals surface area contributed by atoms with Crippen molar-refractivity contribution in [2.24, 2.45) is 0 Å². The summed E-state index contributed by atoms with van der Waals surface area (Å²) in [7, 11) is 0. The van der Waals surface area contributed by atoms with Gasteiger partial charge in [0.05, 0.1) is 11.1 Å². The van der Waals surface area contributed by atoms with Crippen LogP contribution < -0.4 is 4.90 Å². The molecule has 0 radical (unpaired) electrons. The molecule has 0 N–H and O–H groups in total. The normalized spacial score (nSPS) is 12.9. The van der Waals surface area contributed by atoms with E-state index in [1.165, 1.54) is 98.1 Å². The van der Waals surface area contributed by atoms with Crippen LogP contribution in [-0.4, -0.2) is 0 Å². The Morgan fingerprint density at radius 3 is 1.46 bits per heavy atom. The van der Waals surface area contributed by atoms with Gasteiger partial charge in [-0.15, -0.1) is 11.3 Å². The number of hydrogen-bond donors (Lipinski definition) is 0. The van der Waals surface area contributed by atoms with Gasteiger partial charge in [-0.05, 0) is 127 Å². The molecule has 1 nitrogen and oxygen atoms in total. The van der Waals surface area contributed by atoms with Gasteiger partial charge in [-0.1, -0.05) is 182 Å². The number of fused-ring (bicyclic) bond motifs is 13. The molecule has 0 saturated carbocycles. The Hall–Kier alpha value is -7.78. The van der Waals surface area contributed by atoms with Gasteiger partial charge in [0.1, 0.15) is 0 Å². The van der Waals surface area contributed by atoms with E-state index in [0.29, 0.717) is 0 Å². The molecule has 0 unspecified atom stereocenters. The third-order valence-corrected chi connectivity index (χ3v) is 14.7. The Bertz CT molecular complexity index is 3500. The van der Waals surface area contributed by atoms with E-state index in [0.717, 1.165) is 17.1 Å². The Morgan fingerprint density at radius 1 is 0.286 bits per heavy atom. The minimum atomic E-state index is -0.450. The predicted octanol–water partition coefficient (Wildman–Crippen LogP) is 16.9. The molecule has 2 aliphatic rings. The largest absolute Gasteiger partial charge is 0.310 e. The van der Waals surface area contributed by atoms with Crippen LogP contribution in [0.5, 0.6) is 0 Å². The first-order valence-corrected chi connectivity index (χ1v) is 22.6. The second kappa shape index (κ2) is 14.1. The third-order valence-electron chi connectivity index (χ3n) is 13.5. The van der Waals surface area contributed by atoms with Crippen LogP contribution in [0.4, 0.5) is 17.1 Å². The number of hydrogen-bond acceptors (Lipinski definition) is 2. The number of nitrogens with zero attached hydrogens (tertiary/aromatic N) is 1. The van der Waals surface area contributed by atoms with Crippen molar-refractivity contribution in [1.82, 2.24) is 0 Å². The first-order chi connectivity index (χ1) is 31.2. The standard InChI is InChI=1S/C61H39NS/c1-3-15-40(16-4-1)43-29-35-58(52(37-43)42-17-5-2-6-18-42)62(45-31-27-41(28-32-45)44-30-36-60-53(38-44)51-22-10-14-26-59(51)63-60)46-33-34-50-49-21-9-13-25-56(49)61(57(50)39-46)54-23-11-7-19-47(54)48-20-8-12-24-55(48)61/h1-39H. The molecule has 1 heterocycles. The van der Waals surface area contributed by atoms with E-state index in [2.05, 4.69) is 241 Å². The minimum Gasteiger partial charge on any atom is -0.310 e.